The molecule has 14 nitrogen and oxygen atoms in total. The maximum Gasteiger partial charge on any atom is 0.306 e. The Morgan fingerprint density at radius 3 is 1.15 bits per heavy atom. The number of quaternary nitrogens is 2. The highest BCUT2D eigenvalue weighted by Crippen LogP contribution is 2.27. The van der Waals surface area contributed by atoms with Gasteiger partial charge in [-0.25, -0.2) is 16.8 Å². The zero-order valence-corrected chi connectivity index (χ0v) is 24.8. The number of carboxylic acid groups (broad SMARTS) is 2. The van der Waals surface area contributed by atoms with Crippen LogP contribution in [0.1, 0.15) is 12.8 Å². The van der Waals surface area contributed by atoms with Gasteiger partial charge < -0.3 is 38.5 Å². The van der Waals surface area contributed by atoms with Gasteiger partial charge in [-0.05, 0) is 12.1 Å². The molecular formula is C24H38N2O12S2. The van der Waals surface area contributed by atoms with Gasteiger partial charge in [0.1, 0.15) is 45.5 Å². The summed E-state index contributed by atoms with van der Waals surface area (Å²) in [5, 5.41) is 34.8. The number of aliphatic carboxylic acids is 2. The zero-order valence-electron chi connectivity index (χ0n) is 23.2. The number of hydrogen-bond donors (Lipinski definition) is 4. The van der Waals surface area contributed by atoms with Crippen LogP contribution >= 0.6 is 0 Å². The van der Waals surface area contributed by atoms with Crippen LogP contribution in [-0.4, -0.2) is 135 Å². The molecular weight excluding hydrogens is 572 g/mol. The molecule has 0 fully saturated rings. The van der Waals surface area contributed by atoms with E-state index >= 15 is 0 Å². The van der Waals surface area contributed by atoms with Crippen molar-refractivity contribution in [3.05, 3.63) is 36.4 Å². The number of likely N-dealkylation sites (N-methyl/N-ethyl adjacent to an activating group) is 2. The number of rotatable bonds is 10. The van der Waals surface area contributed by atoms with Gasteiger partial charge in [0.05, 0.1) is 64.9 Å². The van der Waals surface area contributed by atoms with E-state index in [9.17, 15) is 35.5 Å². The molecule has 0 saturated heterocycles. The van der Waals surface area contributed by atoms with Crippen LogP contribution in [0.5, 0.6) is 0 Å². The first kappa shape index (κ1) is 37.3. The highest BCUT2D eigenvalue weighted by molar-refractivity contribution is 7.86. The molecule has 228 valence electrons. The van der Waals surface area contributed by atoms with Crippen molar-refractivity contribution in [2.75, 3.05) is 55.4 Å². The highest BCUT2D eigenvalue weighted by Gasteiger charge is 2.18. The van der Waals surface area contributed by atoms with E-state index in [1.165, 1.54) is 24.3 Å². The lowest BCUT2D eigenvalue weighted by molar-refractivity contribution is -0.873. The lowest BCUT2D eigenvalue weighted by Gasteiger charge is -2.25. The van der Waals surface area contributed by atoms with Crippen molar-refractivity contribution in [1.82, 2.24) is 0 Å². The summed E-state index contributed by atoms with van der Waals surface area (Å²) in [4.78, 5) is 19.2. The summed E-state index contributed by atoms with van der Waals surface area (Å²) in [7, 11) is 1.97. The van der Waals surface area contributed by atoms with E-state index in [2.05, 4.69) is 0 Å². The number of fused-ring (bicyclic) bond motifs is 1. The summed E-state index contributed by atoms with van der Waals surface area (Å²) in [6.07, 6.45) is -1.83. The average Bonchev–Trinajstić information content (AvgIpc) is 2.68. The standard InChI is InChI=1S/C10H8O6S2.2C7H15NO3/c11-17(12,13)9-5-1-3-7-8(9)4-2-6-10(7)18(14,15)16;2*1-8(2,3)5-6(9)4-7(10)11/h1-6H,(H,11,12,13)(H,14,15,16);2*6,9H,4-5H2,1-3H3/t;2*6-/m.11/s1. The first-order valence-electron chi connectivity index (χ1n) is 11.7. The lowest BCUT2D eigenvalue weighted by atomic mass is 10.1. The number of aliphatic hydroxyl groups excluding tert-OH is 2. The molecule has 2 rings (SSSR count). The monoisotopic (exact) mass is 610 g/mol. The van der Waals surface area contributed by atoms with Crippen molar-refractivity contribution < 1.29 is 64.9 Å². The Morgan fingerprint density at radius 1 is 0.675 bits per heavy atom. The Hall–Kier alpha value is -2.70. The summed E-state index contributed by atoms with van der Waals surface area (Å²) >= 11 is 0. The number of hydrogen-bond acceptors (Lipinski definition) is 10. The maximum atomic E-state index is 11.0. The van der Waals surface area contributed by atoms with Gasteiger partial charge >= 0.3 is 11.9 Å². The second-order valence-corrected chi connectivity index (χ2v) is 13.7. The Bertz CT molecular complexity index is 1260. The first-order valence-corrected chi connectivity index (χ1v) is 14.5. The fourth-order valence-electron chi connectivity index (χ4n) is 3.49. The number of carboxylic acids is 2. The topological polar surface area (TPSA) is 229 Å². The van der Waals surface area contributed by atoms with E-state index in [-0.39, 0.29) is 23.6 Å². The summed E-state index contributed by atoms with van der Waals surface area (Å²) in [5.74, 6) is -1.91. The van der Waals surface area contributed by atoms with Gasteiger partial charge in [0.15, 0.2) is 0 Å². The molecule has 2 aromatic carbocycles. The zero-order chi connectivity index (χ0) is 31.7. The molecule has 0 bridgehead atoms. The largest absolute Gasteiger partial charge is 0.744 e. The first-order chi connectivity index (χ1) is 17.8. The van der Waals surface area contributed by atoms with Crippen LogP contribution in [0.15, 0.2) is 46.2 Å². The minimum Gasteiger partial charge on any atom is -0.744 e. The molecule has 0 amide bonds. The van der Waals surface area contributed by atoms with Crippen LogP contribution in [0.4, 0.5) is 0 Å². The van der Waals surface area contributed by atoms with Crippen molar-refractivity contribution in [3.63, 3.8) is 0 Å². The number of carbonyl (C=O) groups is 2. The predicted octanol–water partition coefficient (Wildman–Crippen LogP) is -0.296. The molecule has 4 N–H and O–H groups in total. The minimum absolute atomic E-state index is 0.0792. The molecule has 2 aromatic rings. The highest BCUT2D eigenvalue weighted by atomic mass is 32.2. The van der Waals surface area contributed by atoms with Crippen LogP contribution in [-0.2, 0) is 29.8 Å². The molecule has 0 aliphatic rings. The number of aliphatic hydroxyl groups is 2. The van der Waals surface area contributed by atoms with Crippen LogP contribution in [0.25, 0.3) is 10.8 Å². The molecule has 0 aliphatic carbocycles. The van der Waals surface area contributed by atoms with Crippen molar-refractivity contribution in [1.29, 1.82) is 0 Å². The molecule has 2 atom stereocenters. The Morgan fingerprint density at radius 2 is 0.950 bits per heavy atom. The molecule has 40 heavy (non-hydrogen) atoms. The van der Waals surface area contributed by atoms with Gasteiger partial charge in [-0.3, -0.25) is 9.59 Å². The van der Waals surface area contributed by atoms with Gasteiger partial charge in [-0.15, -0.1) is 0 Å². The van der Waals surface area contributed by atoms with Crippen molar-refractivity contribution in [2.45, 2.75) is 34.8 Å². The quantitative estimate of drug-likeness (QED) is 0.201. The van der Waals surface area contributed by atoms with Crippen LogP contribution in [0.3, 0.4) is 0 Å². The van der Waals surface area contributed by atoms with Crippen molar-refractivity contribution >= 4 is 42.9 Å². The normalized spacial score (nSPS) is 13.8. The number of nitrogens with zero attached hydrogens (tertiary/aromatic N) is 2. The smallest absolute Gasteiger partial charge is 0.306 e. The summed E-state index contributed by atoms with van der Waals surface area (Å²) in [6, 6.07) is 7.09. The molecule has 0 unspecified atom stereocenters. The van der Waals surface area contributed by atoms with E-state index in [1.807, 2.05) is 42.3 Å². The summed E-state index contributed by atoms with van der Waals surface area (Å²) < 4.78 is 67.3. The molecule has 16 heteroatoms. The van der Waals surface area contributed by atoms with E-state index in [0.29, 0.717) is 22.1 Å². The van der Waals surface area contributed by atoms with Gasteiger partial charge in [-0.1, -0.05) is 24.3 Å². The SMILES string of the molecule is C[N+](C)(C)C[C@H](O)CC(=O)O.C[N+](C)(C)C[C@H](O)CC(=O)O.O=S(=O)([O-])c1cccc2c(S(=O)(=O)[O-])cccc12. The Labute approximate surface area is 234 Å². The van der Waals surface area contributed by atoms with Crippen LogP contribution < -0.4 is 0 Å². The molecule has 0 saturated carbocycles. The van der Waals surface area contributed by atoms with Crippen molar-refractivity contribution in [3.8, 4) is 0 Å². The van der Waals surface area contributed by atoms with E-state index < -0.39 is 54.2 Å². The van der Waals surface area contributed by atoms with Gasteiger partial charge in [0.2, 0.25) is 0 Å². The van der Waals surface area contributed by atoms with Gasteiger partial charge in [0.25, 0.3) is 0 Å². The second-order valence-electron chi connectivity index (χ2n) is 11.0. The van der Waals surface area contributed by atoms with E-state index in [4.69, 9.17) is 20.4 Å². The summed E-state index contributed by atoms with van der Waals surface area (Å²) in [5.41, 5.74) is 0. The predicted molar refractivity (Wildman–Crippen MR) is 142 cm³/mol. The van der Waals surface area contributed by atoms with E-state index in [1.54, 1.807) is 0 Å². The van der Waals surface area contributed by atoms with Crippen LogP contribution in [0, 0.1) is 0 Å². The van der Waals surface area contributed by atoms with Crippen molar-refractivity contribution in [2.24, 2.45) is 0 Å². The maximum absolute atomic E-state index is 11.0. The fraction of sp³-hybridized carbons (Fsp3) is 0.500. The summed E-state index contributed by atoms with van der Waals surface area (Å²) in [6.45, 7) is 0.929. The third-order valence-electron chi connectivity index (χ3n) is 4.72. The average molecular weight is 611 g/mol. The third kappa shape index (κ3) is 15.8. The molecule has 0 radical (unpaired) electrons. The second kappa shape index (κ2) is 14.8. The van der Waals surface area contributed by atoms with Crippen LogP contribution in [0.2, 0.25) is 0 Å². The minimum atomic E-state index is -4.74. The Balaban J connectivity index is 0.000000606. The number of benzene rings is 2. The molecule has 0 aromatic heterocycles. The lowest BCUT2D eigenvalue weighted by Crippen LogP contribution is -2.42. The third-order valence-corrected chi connectivity index (χ3v) is 6.51. The van der Waals surface area contributed by atoms with Gasteiger partial charge in [0, 0.05) is 10.8 Å². The fourth-order valence-corrected chi connectivity index (χ4v) is 4.87. The molecule has 0 spiro atoms. The van der Waals surface area contributed by atoms with E-state index in [0.717, 1.165) is 12.1 Å². The van der Waals surface area contributed by atoms with Gasteiger partial charge in [-0.2, -0.15) is 0 Å². The molecule has 0 aliphatic heterocycles. The Kier molecular flexibility index (Phi) is 13.8. The molecule has 0 heterocycles.